The molecule has 1 aromatic heterocycles. The van der Waals surface area contributed by atoms with E-state index in [-0.39, 0.29) is 34.0 Å². The van der Waals surface area contributed by atoms with Gasteiger partial charge < -0.3 is 15.2 Å². The second-order valence-electron chi connectivity index (χ2n) is 6.22. The lowest BCUT2D eigenvalue weighted by Crippen LogP contribution is -2.18. The Balaban J connectivity index is 2.40. The van der Waals surface area contributed by atoms with Gasteiger partial charge in [0.05, 0.1) is 28.6 Å². The van der Waals surface area contributed by atoms with Crippen LogP contribution in [0.4, 0.5) is 5.69 Å². The molecule has 26 heavy (non-hydrogen) atoms. The first-order valence-electron chi connectivity index (χ1n) is 8.06. The number of benzene rings is 1. The SMILES string of the molecule is CC(C)Oc1ccc(C(=O)O)cc1NC(=O)c1nc(C(C)C)ncc1Cl. The van der Waals surface area contributed by atoms with E-state index in [1.54, 1.807) is 0 Å². The molecule has 0 saturated carbocycles. The lowest BCUT2D eigenvalue weighted by Gasteiger charge is -2.16. The van der Waals surface area contributed by atoms with Crippen LogP contribution >= 0.6 is 11.6 Å². The zero-order chi connectivity index (χ0) is 19.4. The van der Waals surface area contributed by atoms with Crippen molar-refractivity contribution in [2.24, 2.45) is 0 Å². The van der Waals surface area contributed by atoms with Crippen molar-refractivity contribution in [3.8, 4) is 5.75 Å². The summed E-state index contributed by atoms with van der Waals surface area (Å²) >= 11 is 6.06. The third-order valence-corrected chi connectivity index (χ3v) is 3.61. The molecule has 0 unspecified atom stereocenters. The second-order valence-corrected chi connectivity index (χ2v) is 6.62. The number of rotatable bonds is 6. The Labute approximate surface area is 156 Å². The van der Waals surface area contributed by atoms with Crippen molar-refractivity contribution >= 4 is 29.2 Å². The zero-order valence-corrected chi connectivity index (χ0v) is 15.7. The number of carboxylic acids is 1. The second kappa shape index (κ2) is 8.14. The number of carbonyl (C=O) groups excluding carboxylic acids is 1. The van der Waals surface area contributed by atoms with Gasteiger partial charge in [-0.1, -0.05) is 25.4 Å². The fourth-order valence-corrected chi connectivity index (χ4v) is 2.29. The summed E-state index contributed by atoms with van der Waals surface area (Å²) in [6, 6.07) is 4.24. The number of anilines is 1. The first-order valence-corrected chi connectivity index (χ1v) is 8.44. The number of hydrogen-bond donors (Lipinski definition) is 2. The predicted molar refractivity (Wildman–Crippen MR) is 98.2 cm³/mol. The fourth-order valence-electron chi connectivity index (χ4n) is 2.12. The molecule has 0 aliphatic heterocycles. The zero-order valence-electron chi connectivity index (χ0n) is 14.9. The Bertz CT molecular complexity index is 837. The van der Waals surface area contributed by atoms with Crippen LogP contribution in [-0.2, 0) is 0 Å². The van der Waals surface area contributed by atoms with Crippen LogP contribution in [0.15, 0.2) is 24.4 Å². The molecule has 138 valence electrons. The summed E-state index contributed by atoms with van der Waals surface area (Å²) in [5.74, 6) is -0.826. The number of amides is 1. The third-order valence-electron chi connectivity index (χ3n) is 3.33. The first-order chi connectivity index (χ1) is 12.2. The van der Waals surface area contributed by atoms with E-state index in [4.69, 9.17) is 16.3 Å². The number of hydrogen-bond acceptors (Lipinski definition) is 5. The Morgan fingerprint density at radius 2 is 1.92 bits per heavy atom. The minimum Gasteiger partial charge on any atom is -0.489 e. The highest BCUT2D eigenvalue weighted by Gasteiger charge is 2.19. The van der Waals surface area contributed by atoms with E-state index < -0.39 is 11.9 Å². The molecule has 7 nitrogen and oxygen atoms in total. The Morgan fingerprint density at radius 3 is 2.50 bits per heavy atom. The quantitative estimate of drug-likeness (QED) is 0.789. The van der Waals surface area contributed by atoms with Crippen LogP contribution in [0.2, 0.25) is 5.02 Å². The van der Waals surface area contributed by atoms with Crippen molar-refractivity contribution in [3.05, 3.63) is 46.5 Å². The molecule has 2 N–H and O–H groups in total. The van der Waals surface area contributed by atoms with E-state index in [9.17, 15) is 14.7 Å². The summed E-state index contributed by atoms with van der Waals surface area (Å²) < 4.78 is 5.64. The van der Waals surface area contributed by atoms with Gasteiger partial charge in [-0.25, -0.2) is 14.8 Å². The fraction of sp³-hybridized carbons (Fsp3) is 0.333. The number of aromatic nitrogens is 2. The summed E-state index contributed by atoms with van der Waals surface area (Å²) in [7, 11) is 0. The summed E-state index contributed by atoms with van der Waals surface area (Å²) in [5, 5.41) is 11.9. The van der Waals surface area contributed by atoms with E-state index >= 15 is 0 Å². The smallest absolute Gasteiger partial charge is 0.335 e. The van der Waals surface area contributed by atoms with Crippen LogP contribution in [-0.4, -0.2) is 33.1 Å². The normalized spacial score (nSPS) is 10.9. The van der Waals surface area contributed by atoms with Gasteiger partial charge in [-0.15, -0.1) is 0 Å². The van der Waals surface area contributed by atoms with Gasteiger partial charge in [0, 0.05) is 5.92 Å². The number of carboxylic acid groups (broad SMARTS) is 1. The van der Waals surface area contributed by atoms with Crippen LogP contribution < -0.4 is 10.1 Å². The first kappa shape index (κ1) is 19.7. The molecule has 1 heterocycles. The van der Waals surface area contributed by atoms with Crippen molar-refractivity contribution in [2.75, 3.05) is 5.32 Å². The molecule has 0 atom stereocenters. The Hall–Kier alpha value is -2.67. The van der Waals surface area contributed by atoms with Crippen LogP contribution in [0.25, 0.3) is 0 Å². The maximum absolute atomic E-state index is 12.6. The van der Waals surface area contributed by atoms with Crippen molar-refractivity contribution < 1.29 is 19.4 Å². The summed E-state index contributed by atoms with van der Waals surface area (Å²) in [5.41, 5.74) is 0.263. The highest BCUT2D eigenvalue weighted by atomic mass is 35.5. The van der Waals surface area contributed by atoms with Crippen LogP contribution in [0.3, 0.4) is 0 Å². The van der Waals surface area contributed by atoms with Gasteiger partial charge in [0.15, 0.2) is 5.69 Å². The van der Waals surface area contributed by atoms with Gasteiger partial charge in [-0.05, 0) is 32.0 Å². The summed E-state index contributed by atoms with van der Waals surface area (Å²) in [4.78, 5) is 32.2. The Morgan fingerprint density at radius 1 is 1.23 bits per heavy atom. The number of ether oxygens (including phenoxy) is 1. The molecule has 0 aliphatic carbocycles. The molecule has 2 rings (SSSR count). The number of nitrogens with zero attached hydrogens (tertiary/aromatic N) is 2. The van der Waals surface area contributed by atoms with Gasteiger partial charge in [0.25, 0.3) is 5.91 Å². The molecular weight excluding hydrogens is 358 g/mol. The lowest BCUT2D eigenvalue weighted by molar-refractivity contribution is 0.0696. The van der Waals surface area contributed by atoms with Crippen LogP contribution in [0, 0.1) is 0 Å². The van der Waals surface area contributed by atoms with Crippen molar-refractivity contribution in [3.63, 3.8) is 0 Å². The average Bonchev–Trinajstić information content (AvgIpc) is 2.55. The summed E-state index contributed by atoms with van der Waals surface area (Å²) in [6.45, 7) is 7.45. The third kappa shape index (κ3) is 4.70. The van der Waals surface area contributed by atoms with Gasteiger partial charge >= 0.3 is 5.97 Å². The van der Waals surface area contributed by atoms with Gasteiger partial charge in [0.2, 0.25) is 0 Å². The molecule has 0 bridgehead atoms. The van der Waals surface area contributed by atoms with Crippen molar-refractivity contribution in [2.45, 2.75) is 39.7 Å². The van der Waals surface area contributed by atoms with E-state index in [1.807, 2.05) is 27.7 Å². The maximum Gasteiger partial charge on any atom is 0.335 e. The Kier molecular flexibility index (Phi) is 6.15. The van der Waals surface area contributed by atoms with Crippen LogP contribution in [0.1, 0.15) is 60.3 Å². The van der Waals surface area contributed by atoms with Crippen LogP contribution in [0.5, 0.6) is 5.75 Å². The number of aromatic carboxylic acids is 1. The average molecular weight is 378 g/mol. The predicted octanol–water partition coefficient (Wildman–Crippen LogP) is 3.99. The minimum absolute atomic E-state index is 0.0154. The van der Waals surface area contributed by atoms with E-state index in [2.05, 4.69) is 15.3 Å². The van der Waals surface area contributed by atoms with E-state index in [0.717, 1.165) is 0 Å². The van der Waals surface area contributed by atoms with Gasteiger partial charge in [-0.3, -0.25) is 4.79 Å². The molecular formula is C18H20ClN3O4. The van der Waals surface area contributed by atoms with E-state index in [0.29, 0.717) is 11.6 Å². The lowest BCUT2D eigenvalue weighted by atomic mass is 10.1. The highest BCUT2D eigenvalue weighted by Crippen LogP contribution is 2.28. The number of carbonyl (C=O) groups is 2. The number of nitrogens with one attached hydrogen (secondary N) is 1. The molecule has 8 heteroatoms. The molecule has 1 amide bonds. The van der Waals surface area contributed by atoms with Gasteiger partial charge in [-0.2, -0.15) is 0 Å². The molecule has 0 saturated heterocycles. The molecule has 0 spiro atoms. The number of halogens is 1. The van der Waals surface area contributed by atoms with E-state index in [1.165, 1.54) is 24.4 Å². The van der Waals surface area contributed by atoms with Gasteiger partial charge in [0.1, 0.15) is 11.6 Å². The molecule has 0 fully saturated rings. The topological polar surface area (TPSA) is 101 Å². The molecule has 0 aliphatic rings. The largest absolute Gasteiger partial charge is 0.489 e. The summed E-state index contributed by atoms with van der Waals surface area (Å²) in [6.07, 6.45) is 1.22. The monoisotopic (exact) mass is 377 g/mol. The molecule has 2 aromatic rings. The maximum atomic E-state index is 12.6. The van der Waals surface area contributed by atoms with Crippen molar-refractivity contribution in [1.82, 2.24) is 9.97 Å². The minimum atomic E-state index is -1.11. The molecule has 0 radical (unpaired) electrons. The highest BCUT2D eigenvalue weighted by molar-refractivity contribution is 6.34. The van der Waals surface area contributed by atoms with Crippen molar-refractivity contribution in [1.29, 1.82) is 0 Å². The molecule has 1 aromatic carbocycles. The standard InChI is InChI=1S/C18H20ClN3O4/c1-9(2)16-20-8-12(19)15(22-16)17(23)21-13-7-11(18(24)25)5-6-14(13)26-10(3)4/h5-10H,1-4H3,(H,21,23)(H,24,25).